The number of nitrogens with zero attached hydrogens (tertiary/aromatic N) is 1. The zero-order valence-electron chi connectivity index (χ0n) is 10.3. The Hall–Kier alpha value is -1.10. The third-order valence-corrected chi connectivity index (χ3v) is 2.16. The molecule has 1 atom stereocenters. The minimum absolute atomic E-state index is 0.390. The summed E-state index contributed by atoms with van der Waals surface area (Å²) < 4.78 is 9.80. The fourth-order valence-electron chi connectivity index (χ4n) is 1.27. The second kappa shape index (κ2) is 4.82. The third-order valence-electron chi connectivity index (χ3n) is 2.16. The summed E-state index contributed by atoms with van der Waals surface area (Å²) in [5.41, 5.74) is -0.581. The van der Waals surface area contributed by atoms with Gasteiger partial charge >= 0.3 is 11.9 Å². The van der Waals surface area contributed by atoms with Gasteiger partial charge in [-0.1, -0.05) is 0 Å². The Balaban J connectivity index is 2.59. The number of ether oxygens (including phenoxy) is 2. The van der Waals surface area contributed by atoms with E-state index in [2.05, 4.69) is 4.74 Å². The van der Waals surface area contributed by atoms with Gasteiger partial charge in [0.05, 0.1) is 7.11 Å². The summed E-state index contributed by atoms with van der Waals surface area (Å²) >= 11 is 0. The first kappa shape index (κ1) is 13.0. The Labute approximate surface area is 95.7 Å². The van der Waals surface area contributed by atoms with Gasteiger partial charge in [-0.2, -0.15) is 0 Å². The summed E-state index contributed by atoms with van der Waals surface area (Å²) in [6.45, 7) is 7.57. The lowest BCUT2D eigenvalue weighted by molar-refractivity contribution is -0.168. The van der Waals surface area contributed by atoms with Crippen molar-refractivity contribution >= 4 is 11.9 Å². The van der Waals surface area contributed by atoms with Crippen molar-refractivity contribution in [1.29, 1.82) is 0 Å². The molecule has 0 amide bonds. The molecule has 0 bridgehead atoms. The second-order valence-electron chi connectivity index (χ2n) is 4.91. The number of rotatable bonds is 4. The molecule has 1 aliphatic heterocycles. The van der Waals surface area contributed by atoms with Crippen molar-refractivity contribution in [3.63, 3.8) is 0 Å². The Kier molecular flexibility index (Phi) is 3.91. The van der Waals surface area contributed by atoms with Crippen LogP contribution in [0.25, 0.3) is 0 Å². The van der Waals surface area contributed by atoms with Gasteiger partial charge in [0.15, 0.2) is 5.92 Å². The first-order chi connectivity index (χ1) is 7.33. The zero-order valence-corrected chi connectivity index (χ0v) is 10.3. The molecule has 0 radical (unpaired) electrons. The van der Waals surface area contributed by atoms with Crippen molar-refractivity contribution in [3.8, 4) is 0 Å². The van der Waals surface area contributed by atoms with E-state index in [-0.39, 0.29) is 0 Å². The Morgan fingerprint density at radius 1 is 1.25 bits per heavy atom. The summed E-state index contributed by atoms with van der Waals surface area (Å²) in [4.78, 5) is 25.2. The molecular weight excluding hydrogens is 210 g/mol. The highest BCUT2D eigenvalue weighted by molar-refractivity contribution is 5.95. The van der Waals surface area contributed by atoms with Crippen LogP contribution in [0.2, 0.25) is 0 Å². The standard InChI is InChI=1S/C11H19NO4/c1-11(2,3)16-10(14)8(9(13)15-4)7-12-5-6-12/h8H,5-7H2,1-4H3. The average molecular weight is 229 g/mol. The summed E-state index contributed by atoms with van der Waals surface area (Å²) in [5.74, 6) is -1.86. The summed E-state index contributed by atoms with van der Waals surface area (Å²) in [5, 5.41) is 0. The molecule has 0 N–H and O–H groups in total. The maximum Gasteiger partial charge on any atom is 0.322 e. The molecule has 1 aliphatic rings. The molecule has 1 rings (SSSR count). The van der Waals surface area contributed by atoms with Crippen LogP contribution >= 0.6 is 0 Å². The summed E-state index contributed by atoms with van der Waals surface area (Å²) in [7, 11) is 1.28. The molecule has 0 aromatic carbocycles. The van der Waals surface area contributed by atoms with Crippen molar-refractivity contribution in [2.75, 3.05) is 26.7 Å². The predicted octanol–water partition coefficient (Wildman–Crippen LogP) is 0.433. The van der Waals surface area contributed by atoms with Crippen LogP contribution < -0.4 is 0 Å². The quantitative estimate of drug-likeness (QED) is 0.397. The van der Waals surface area contributed by atoms with E-state index in [1.807, 2.05) is 4.90 Å². The van der Waals surface area contributed by atoms with Crippen molar-refractivity contribution in [2.45, 2.75) is 26.4 Å². The van der Waals surface area contributed by atoms with Crippen LogP contribution in [0.1, 0.15) is 20.8 Å². The van der Waals surface area contributed by atoms with Gasteiger partial charge in [0, 0.05) is 19.6 Å². The monoisotopic (exact) mass is 229 g/mol. The lowest BCUT2D eigenvalue weighted by Crippen LogP contribution is -2.37. The highest BCUT2D eigenvalue weighted by Gasteiger charge is 2.36. The molecule has 1 fully saturated rings. The largest absolute Gasteiger partial charge is 0.468 e. The number of carbonyl (C=O) groups excluding carboxylic acids is 2. The van der Waals surface area contributed by atoms with Crippen molar-refractivity contribution < 1.29 is 19.1 Å². The second-order valence-corrected chi connectivity index (χ2v) is 4.91. The number of methoxy groups -OCH3 is 1. The molecule has 0 spiro atoms. The molecular formula is C11H19NO4. The smallest absolute Gasteiger partial charge is 0.322 e. The molecule has 16 heavy (non-hydrogen) atoms. The lowest BCUT2D eigenvalue weighted by Gasteiger charge is -2.23. The molecule has 1 saturated heterocycles. The fraction of sp³-hybridized carbons (Fsp3) is 0.818. The van der Waals surface area contributed by atoms with Gasteiger partial charge in [-0.05, 0) is 20.8 Å². The van der Waals surface area contributed by atoms with Crippen LogP contribution in [0.5, 0.6) is 0 Å². The van der Waals surface area contributed by atoms with Gasteiger partial charge in [-0.25, -0.2) is 0 Å². The minimum Gasteiger partial charge on any atom is -0.468 e. The Morgan fingerprint density at radius 2 is 1.81 bits per heavy atom. The van der Waals surface area contributed by atoms with E-state index in [4.69, 9.17) is 4.74 Å². The average Bonchev–Trinajstić information content (AvgIpc) is 2.93. The van der Waals surface area contributed by atoms with Crippen LogP contribution in [-0.2, 0) is 19.1 Å². The normalized spacial score (nSPS) is 17.8. The minimum atomic E-state index is -0.827. The fourth-order valence-corrected chi connectivity index (χ4v) is 1.27. The van der Waals surface area contributed by atoms with E-state index in [0.29, 0.717) is 6.54 Å². The molecule has 0 saturated carbocycles. The van der Waals surface area contributed by atoms with E-state index in [9.17, 15) is 9.59 Å². The van der Waals surface area contributed by atoms with Gasteiger partial charge in [0.1, 0.15) is 5.60 Å². The van der Waals surface area contributed by atoms with Crippen molar-refractivity contribution in [1.82, 2.24) is 4.90 Å². The zero-order chi connectivity index (χ0) is 12.3. The summed E-state index contributed by atoms with van der Waals surface area (Å²) in [6, 6.07) is 0. The van der Waals surface area contributed by atoms with Crippen molar-refractivity contribution in [2.24, 2.45) is 5.92 Å². The lowest BCUT2D eigenvalue weighted by atomic mass is 10.1. The van der Waals surface area contributed by atoms with Crippen LogP contribution in [0.3, 0.4) is 0 Å². The molecule has 1 heterocycles. The Bertz CT molecular complexity index is 278. The number of hydrogen-bond donors (Lipinski definition) is 0. The Morgan fingerprint density at radius 3 is 2.19 bits per heavy atom. The maximum atomic E-state index is 11.8. The molecule has 0 aromatic heterocycles. The van der Waals surface area contributed by atoms with Crippen LogP contribution in [0.15, 0.2) is 0 Å². The molecule has 0 aromatic rings. The number of hydrogen-bond acceptors (Lipinski definition) is 5. The third kappa shape index (κ3) is 4.18. The summed E-state index contributed by atoms with van der Waals surface area (Å²) in [6.07, 6.45) is 0. The first-order valence-electron chi connectivity index (χ1n) is 5.36. The van der Waals surface area contributed by atoms with Crippen LogP contribution in [-0.4, -0.2) is 49.2 Å². The topological polar surface area (TPSA) is 55.6 Å². The van der Waals surface area contributed by atoms with Gasteiger partial charge in [-0.3, -0.25) is 14.5 Å². The van der Waals surface area contributed by atoms with E-state index in [0.717, 1.165) is 13.1 Å². The molecule has 5 nitrogen and oxygen atoms in total. The van der Waals surface area contributed by atoms with Gasteiger partial charge < -0.3 is 9.47 Å². The van der Waals surface area contributed by atoms with Gasteiger partial charge in [0.2, 0.25) is 0 Å². The van der Waals surface area contributed by atoms with Crippen LogP contribution in [0.4, 0.5) is 0 Å². The number of carbonyl (C=O) groups is 2. The van der Waals surface area contributed by atoms with E-state index in [1.165, 1.54) is 7.11 Å². The van der Waals surface area contributed by atoms with Gasteiger partial charge in [-0.15, -0.1) is 0 Å². The van der Waals surface area contributed by atoms with Gasteiger partial charge in [0.25, 0.3) is 0 Å². The number of esters is 2. The van der Waals surface area contributed by atoms with E-state index in [1.54, 1.807) is 20.8 Å². The highest BCUT2D eigenvalue weighted by atomic mass is 16.6. The molecule has 1 unspecified atom stereocenters. The maximum absolute atomic E-state index is 11.8. The SMILES string of the molecule is COC(=O)C(CN1CC1)C(=O)OC(C)(C)C. The molecule has 5 heteroatoms. The van der Waals surface area contributed by atoms with Crippen LogP contribution in [0, 0.1) is 5.92 Å². The highest BCUT2D eigenvalue weighted by Crippen LogP contribution is 2.16. The molecule has 0 aliphatic carbocycles. The van der Waals surface area contributed by atoms with E-state index >= 15 is 0 Å². The van der Waals surface area contributed by atoms with E-state index < -0.39 is 23.5 Å². The first-order valence-corrected chi connectivity index (χ1v) is 5.36. The predicted molar refractivity (Wildman–Crippen MR) is 57.8 cm³/mol. The van der Waals surface area contributed by atoms with Crippen molar-refractivity contribution in [3.05, 3.63) is 0 Å². The molecule has 92 valence electrons.